The van der Waals surface area contributed by atoms with Crippen LogP contribution < -0.4 is 5.32 Å². The maximum absolute atomic E-state index is 12.6. The number of aromatic nitrogens is 1. The van der Waals surface area contributed by atoms with E-state index in [-0.39, 0.29) is 11.6 Å². The summed E-state index contributed by atoms with van der Waals surface area (Å²) < 4.78 is 0. The molecule has 126 valence electrons. The van der Waals surface area contributed by atoms with E-state index in [4.69, 9.17) is 11.6 Å². The normalized spacial score (nSPS) is 10.7. The van der Waals surface area contributed by atoms with Gasteiger partial charge in [-0.3, -0.25) is 19.9 Å². The van der Waals surface area contributed by atoms with Gasteiger partial charge in [0.2, 0.25) is 0 Å². The van der Waals surface area contributed by atoms with Crippen LogP contribution in [0.4, 0.5) is 11.4 Å². The number of hydrogen-bond acceptors (Lipinski definition) is 4. The van der Waals surface area contributed by atoms with E-state index in [2.05, 4.69) is 10.3 Å². The Morgan fingerprint density at radius 3 is 2.68 bits per heavy atom. The molecule has 3 aromatic rings. The molecule has 0 radical (unpaired) electrons. The van der Waals surface area contributed by atoms with Crippen molar-refractivity contribution >= 4 is 39.8 Å². The summed E-state index contributed by atoms with van der Waals surface area (Å²) in [5.41, 5.74) is 2.44. The maximum atomic E-state index is 12.6. The van der Waals surface area contributed by atoms with Gasteiger partial charge in [-0.2, -0.15) is 0 Å². The second-order valence-electron chi connectivity index (χ2n) is 5.62. The Kier molecular flexibility index (Phi) is 4.37. The number of nitrogens with zero attached hydrogens (tertiary/aromatic N) is 2. The Hall–Kier alpha value is -2.99. The molecular formula is C18H14ClN3O3. The molecular weight excluding hydrogens is 342 g/mol. The first-order valence-corrected chi connectivity index (χ1v) is 7.87. The number of nitro groups is 1. The van der Waals surface area contributed by atoms with Crippen molar-refractivity contribution in [3.8, 4) is 0 Å². The summed E-state index contributed by atoms with van der Waals surface area (Å²) in [5.74, 6) is -0.379. The fourth-order valence-electron chi connectivity index (χ4n) is 2.62. The lowest BCUT2D eigenvalue weighted by Crippen LogP contribution is -2.15. The minimum atomic E-state index is -0.476. The van der Waals surface area contributed by atoms with Crippen LogP contribution >= 0.6 is 11.6 Å². The van der Waals surface area contributed by atoms with Gasteiger partial charge in [0, 0.05) is 16.5 Å². The highest BCUT2D eigenvalue weighted by atomic mass is 35.5. The third-order valence-corrected chi connectivity index (χ3v) is 4.20. The molecule has 6 nitrogen and oxygen atoms in total. The third kappa shape index (κ3) is 3.29. The maximum Gasteiger partial charge on any atom is 0.274 e. The topological polar surface area (TPSA) is 85.1 Å². The predicted molar refractivity (Wildman–Crippen MR) is 97.3 cm³/mol. The summed E-state index contributed by atoms with van der Waals surface area (Å²) in [4.78, 5) is 27.6. The minimum absolute atomic E-state index is 0.0436. The van der Waals surface area contributed by atoms with Crippen LogP contribution in [-0.2, 0) is 0 Å². The molecule has 0 aliphatic rings. The van der Waals surface area contributed by atoms with Crippen LogP contribution in [0.2, 0.25) is 5.02 Å². The lowest BCUT2D eigenvalue weighted by atomic mass is 10.1. The lowest BCUT2D eigenvalue weighted by Gasteiger charge is -2.11. The van der Waals surface area contributed by atoms with Crippen molar-refractivity contribution in [2.24, 2.45) is 0 Å². The monoisotopic (exact) mass is 355 g/mol. The van der Waals surface area contributed by atoms with Crippen LogP contribution in [0.3, 0.4) is 0 Å². The quantitative estimate of drug-likeness (QED) is 0.546. The Morgan fingerprint density at radius 1 is 1.20 bits per heavy atom. The Bertz CT molecular complexity index is 1020. The van der Waals surface area contributed by atoms with Crippen molar-refractivity contribution in [1.29, 1.82) is 0 Å². The Labute approximate surface area is 148 Å². The van der Waals surface area contributed by atoms with Gasteiger partial charge >= 0.3 is 0 Å². The number of fused-ring (bicyclic) bond motifs is 1. The van der Waals surface area contributed by atoms with E-state index in [0.29, 0.717) is 27.5 Å². The molecule has 7 heteroatoms. The van der Waals surface area contributed by atoms with Gasteiger partial charge < -0.3 is 5.32 Å². The second-order valence-corrected chi connectivity index (χ2v) is 6.06. The molecule has 0 saturated heterocycles. The molecule has 2 aromatic carbocycles. The molecule has 0 aliphatic carbocycles. The molecule has 1 N–H and O–H groups in total. The summed E-state index contributed by atoms with van der Waals surface area (Å²) >= 11 is 6.00. The van der Waals surface area contributed by atoms with Crippen molar-refractivity contribution in [3.05, 3.63) is 74.4 Å². The number of benzene rings is 2. The zero-order valence-electron chi connectivity index (χ0n) is 13.5. The van der Waals surface area contributed by atoms with E-state index < -0.39 is 4.92 Å². The first-order valence-electron chi connectivity index (χ1n) is 7.49. The molecule has 0 saturated carbocycles. The molecule has 1 amide bonds. The smallest absolute Gasteiger partial charge is 0.274 e. The molecule has 0 bridgehead atoms. The highest BCUT2D eigenvalue weighted by molar-refractivity contribution is 6.31. The number of carbonyl (C=O) groups is 1. The van der Waals surface area contributed by atoms with E-state index in [0.717, 1.165) is 10.9 Å². The number of rotatable bonds is 3. The van der Waals surface area contributed by atoms with Crippen molar-refractivity contribution in [1.82, 2.24) is 4.98 Å². The highest BCUT2D eigenvalue weighted by Crippen LogP contribution is 2.26. The number of halogens is 1. The Morgan fingerprint density at radius 2 is 1.96 bits per heavy atom. The second kappa shape index (κ2) is 6.49. The number of hydrogen-bond donors (Lipinski definition) is 1. The van der Waals surface area contributed by atoms with Gasteiger partial charge in [0.1, 0.15) is 0 Å². The zero-order chi connectivity index (χ0) is 18.1. The molecule has 0 atom stereocenters. The third-order valence-electron chi connectivity index (χ3n) is 3.96. The van der Waals surface area contributed by atoms with E-state index in [1.807, 2.05) is 0 Å². The highest BCUT2D eigenvalue weighted by Gasteiger charge is 2.17. The van der Waals surface area contributed by atoms with Gasteiger partial charge in [0.15, 0.2) is 0 Å². The van der Waals surface area contributed by atoms with E-state index in [1.54, 1.807) is 44.2 Å². The number of aryl methyl sites for hydroxylation is 1. The van der Waals surface area contributed by atoms with E-state index in [1.165, 1.54) is 12.1 Å². The lowest BCUT2D eigenvalue weighted by molar-refractivity contribution is -0.385. The van der Waals surface area contributed by atoms with Crippen molar-refractivity contribution in [2.75, 3.05) is 5.32 Å². The van der Waals surface area contributed by atoms with Crippen LogP contribution in [-0.4, -0.2) is 15.8 Å². The zero-order valence-corrected chi connectivity index (χ0v) is 14.3. The summed E-state index contributed by atoms with van der Waals surface area (Å²) in [7, 11) is 0. The minimum Gasteiger partial charge on any atom is -0.321 e. The molecule has 1 heterocycles. The number of carbonyl (C=O) groups excluding carboxylic acids is 1. The van der Waals surface area contributed by atoms with Gasteiger partial charge in [-0.05, 0) is 44.2 Å². The Balaban J connectivity index is 1.99. The van der Waals surface area contributed by atoms with E-state index in [9.17, 15) is 14.9 Å². The van der Waals surface area contributed by atoms with Gasteiger partial charge in [0.25, 0.3) is 11.6 Å². The van der Waals surface area contributed by atoms with Crippen LogP contribution in [0.5, 0.6) is 0 Å². The van der Waals surface area contributed by atoms with Gasteiger partial charge in [-0.1, -0.05) is 17.7 Å². The number of anilines is 1. The van der Waals surface area contributed by atoms with Crippen LogP contribution in [0, 0.1) is 24.0 Å². The standard InChI is InChI=1S/C18H14ClN3O3/c1-10-15(4-3-5-17(10)22(24)25)21-18(23)14-9-12-8-13(19)6-7-16(12)20-11(14)2/h3-9H,1-2H3,(H,21,23). The van der Waals surface area contributed by atoms with Crippen LogP contribution in [0.1, 0.15) is 21.6 Å². The molecule has 0 spiro atoms. The molecule has 0 unspecified atom stereocenters. The predicted octanol–water partition coefficient (Wildman–Crippen LogP) is 4.67. The molecule has 1 aromatic heterocycles. The van der Waals surface area contributed by atoms with Gasteiger partial charge in [0.05, 0.1) is 32.9 Å². The molecule has 3 rings (SSSR count). The molecule has 0 fully saturated rings. The van der Waals surface area contributed by atoms with Crippen LogP contribution in [0.25, 0.3) is 10.9 Å². The number of nitro benzene ring substituents is 1. The molecule has 25 heavy (non-hydrogen) atoms. The number of pyridine rings is 1. The summed E-state index contributed by atoms with van der Waals surface area (Å²) in [5, 5.41) is 15.1. The SMILES string of the molecule is Cc1nc2ccc(Cl)cc2cc1C(=O)Nc1cccc([N+](=O)[O-])c1C. The molecule has 0 aliphatic heterocycles. The van der Waals surface area contributed by atoms with Gasteiger partial charge in [-0.25, -0.2) is 0 Å². The fraction of sp³-hybridized carbons (Fsp3) is 0.111. The summed E-state index contributed by atoms with van der Waals surface area (Å²) in [6, 6.07) is 11.5. The van der Waals surface area contributed by atoms with Crippen molar-refractivity contribution < 1.29 is 9.72 Å². The van der Waals surface area contributed by atoms with Crippen molar-refractivity contribution in [3.63, 3.8) is 0 Å². The summed E-state index contributed by atoms with van der Waals surface area (Å²) in [6.45, 7) is 3.34. The average Bonchev–Trinajstić information content (AvgIpc) is 2.56. The van der Waals surface area contributed by atoms with Crippen LogP contribution in [0.15, 0.2) is 42.5 Å². The largest absolute Gasteiger partial charge is 0.321 e. The van der Waals surface area contributed by atoms with E-state index >= 15 is 0 Å². The summed E-state index contributed by atoms with van der Waals surface area (Å²) in [6.07, 6.45) is 0. The first-order chi connectivity index (χ1) is 11.9. The fourth-order valence-corrected chi connectivity index (χ4v) is 2.80. The number of amides is 1. The first kappa shape index (κ1) is 16.9. The van der Waals surface area contributed by atoms with Gasteiger partial charge in [-0.15, -0.1) is 0 Å². The average molecular weight is 356 g/mol. The number of nitrogens with one attached hydrogen (secondary N) is 1. The van der Waals surface area contributed by atoms with Crippen molar-refractivity contribution in [2.45, 2.75) is 13.8 Å².